The highest BCUT2D eigenvalue weighted by molar-refractivity contribution is 5.96. The van der Waals surface area contributed by atoms with Gasteiger partial charge in [-0.15, -0.1) is 0 Å². The summed E-state index contributed by atoms with van der Waals surface area (Å²) < 4.78 is 5.40. The fraction of sp³-hybridized carbons (Fsp3) is 0.308. The van der Waals surface area contributed by atoms with Crippen molar-refractivity contribution in [1.29, 1.82) is 0 Å². The Morgan fingerprint density at radius 1 is 1.59 bits per heavy atom. The van der Waals surface area contributed by atoms with Gasteiger partial charge in [0, 0.05) is 11.8 Å². The topological polar surface area (TPSA) is 49.8 Å². The second-order valence-corrected chi connectivity index (χ2v) is 3.96. The Morgan fingerprint density at radius 3 is 3.06 bits per heavy atom. The highest BCUT2D eigenvalue weighted by Gasteiger charge is 2.29. The van der Waals surface area contributed by atoms with E-state index in [-0.39, 0.29) is 12.3 Å². The molecule has 0 bridgehead atoms. The van der Waals surface area contributed by atoms with Gasteiger partial charge in [-0.1, -0.05) is 18.7 Å². The van der Waals surface area contributed by atoms with E-state index in [1.165, 1.54) is 0 Å². The summed E-state index contributed by atoms with van der Waals surface area (Å²) in [6.07, 6.45) is 1.29. The van der Waals surface area contributed by atoms with Crippen LogP contribution in [0.5, 0.6) is 5.75 Å². The molecule has 1 heterocycles. The lowest BCUT2D eigenvalue weighted by atomic mass is 10.3. The van der Waals surface area contributed by atoms with Crippen molar-refractivity contribution in [3.8, 4) is 5.75 Å². The van der Waals surface area contributed by atoms with Gasteiger partial charge in [0.05, 0.1) is 19.1 Å². The van der Waals surface area contributed by atoms with Crippen LogP contribution in [0.1, 0.15) is 6.42 Å². The maximum absolute atomic E-state index is 11.6. The fourth-order valence-corrected chi connectivity index (χ4v) is 1.83. The van der Waals surface area contributed by atoms with Crippen molar-refractivity contribution in [3.63, 3.8) is 0 Å². The van der Waals surface area contributed by atoms with Crippen LogP contribution < -0.4 is 9.64 Å². The predicted molar refractivity (Wildman–Crippen MR) is 65.1 cm³/mol. The van der Waals surface area contributed by atoms with Gasteiger partial charge in [0.2, 0.25) is 5.91 Å². The van der Waals surface area contributed by atoms with Gasteiger partial charge in [-0.05, 0) is 12.1 Å². The highest BCUT2D eigenvalue weighted by atomic mass is 16.5. The van der Waals surface area contributed by atoms with E-state index < -0.39 is 6.10 Å². The lowest BCUT2D eigenvalue weighted by molar-refractivity contribution is -0.117. The number of anilines is 1. The van der Waals surface area contributed by atoms with Gasteiger partial charge >= 0.3 is 0 Å². The summed E-state index contributed by atoms with van der Waals surface area (Å²) in [4.78, 5) is 13.2. The molecule has 0 aromatic heterocycles. The number of ether oxygens (including phenoxy) is 1. The molecule has 1 aliphatic heterocycles. The number of carbonyl (C=O) groups is 1. The van der Waals surface area contributed by atoms with Gasteiger partial charge in [0.1, 0.15) is 12.4 Å². The van der Waals surface area contributed by atoms with E-state index in [2.05, 4.69) is 6.58 Å². The number of benzene rings is 1. The number of hydrogen-bond acceptors (Lipinski definition) is 3. The van der Waals surface area contributed by atoms with E-state index in [0.717, 1.165) is 5.69 Å². The summed E-state index contributed by atoms with van der Waals surface area (Å²) >= 11 is 0. The molecule has 4 heteroatoms. The third-order valence-corrected chi connectivity index (χ3v) is 2.60. The minimum absolute atomic E-state index is 0.0571. The number of nitrogens with zero attached hydrogens (tertiary/aromatic N) is 1. The third kappa shape index (κ3) is 2.65. The van der Waals surface area contributed by atoms with Gasteiger partial charge in [-0.2, -0.15) is 0 Å². The van der Waals surface area contributed by atoms with Gasteiger partial charge in [-0.3, -0.25) is 4.79 Å². The number of carbonyl (C=O) groups excluding carboxylic acids is 1. The van der Waals surface area contributed by atoms with Crippen molar-refractivity contribution >= 4 is 11.6 Å². The number of aliphatic hydroxyl groups is 1. The van der Waals surface area contributed by atoms with E-state index in [9.17, 15) is 9.90 Å². The molecule has 4 nitrogen and oxygen atoms in total. The number of rotatable bonds is 4. The Morgan fingerprint density at radius 2 is 2.41 bits per heavy atom. The smallest absolute Gasteiger partial charge is 0.229 e. The minimum Gasteiger partial charge on any atom is -0.489 e. The van der Waals surface area contributed by atoms with Crippen molar-refractivity contribution in [2.24, 2.45) is 0 Å². The molecule has 0 radical (unpaired) electrons. The van der Waals surface area contributed by atoms with Crippen LogP contribution in [-0.4, -0.2) is 30.3 Å². The fourth-order valence-electron chi connectivity index (χ4n) is 1.83. The number of amides is 1. The zero-order valence-electron chi connectivity index (χ0n) is 9.50. The Hall–Kier alpha value is -1.81. The average Bonchev–Trinajstić information content (AvgIpc) is 2.66. The van der Waals surface area contributed by atoms with Crippen LogP contribution in [0.2, 0.25) is 0 Å². The molecule has 90 valence electrons. The second-order valence-electron chi connectivity index (χ2n) is 3.96. The quantitative estimate of drug-likeness (QED) is 0.799. The molecule has 1 N–H and O–H groups in total. The maximum Gasteiger partial charge on any atom is 0.229 e. The lowest BCUT2D eigenvalue weighted by Gasteiger charge is -2.16. The molecule has 1 aromatic carbocycles. The van der Waals surface area contributed by atoms with Crippen LogP contribution in [0.3, 0.4) is 0 Å². The van der Waals surface area contributed by atoms with E-state index in [1.54, 1.807) is 17.0 Å². The second kappa shape index (κ2) is 5.01. The van der Waals surface area contributed by atoms with E-state index in [1.807, 2.05) is 18.2 Å². The average molecular weight is 233 g/mol. The monoisotopic (exact) mass is 233 g/mol. The molecule has 1 atom stereocenters. The first-order chi connectivity index (χ1) is 8.20. The van der Waals surface area contributed by atoms with Crippen molar-refractivity contribution in [2.45, 2.75) is 12.5 Å². The van der Waals surface area contributed by atoms with Crippen molar-refractivity contribution in [3.05, 3.63) is 36.9 Å². The zero-order chi connectivity index (χ0) is 12.3. The molecule has 1 fully saturated rings. The molecule has 1 aromatic rings. The maximum atomic E-state index is 11.6. The van der Waals surface area contributed by atoms with Crippen LogP contribution in [0.15, 0.2) is 36.9 Å². The van der Waals surface area contributed by atoms with Gasteiger partial charge < -0.3 is 14.7 Å². The van der Waals surface area contributed by atoms with Crippen LogP contribution in [0.25, 0.3) is 0 Å². The van der Waals surface area contributed by atoms with E-state index in [4.69, 9.17) is 4.74 Å². The summed E-state index contributed by atoms with van der Waals surface area (Å²) in [5, 5.41) is 9.44. The first kappa shape index (κ1) is 11.7. The number of β-amino-alcohol motifs (C(OH)–C–C–N with tert-alkyl or cyclic N) is 1. The van der Waals surface area contributed by atoms with Crippen molar-refractivity contribution in [1.82, 2.24) is 0 Å². The molecule has 17 heavy (non-hydrogen) atoms. The Balaban J connectivity index is 2.15. The third-order valence-electron chi connectivity index (χ3n) is 2.60. The molecular weight excluding hydrogens is 218 g/mol. The van der Waals surface area contributed by atoms with Crippen LogP contribution in [-0.2, 0) is 4.79 Å². The molecule has 0 spiro atoms. The van der Waals surface area contributed by atoms with Crippen molar-refractivity contribution < 1.29 is 14.6 Å². The summed E-state index contributed by atoms with van der Waals surface area (Å²) in [5.74, 6) is 0.634. The Kier molecular flexibility index (Phi) is 3.44. The number of hydrogen-bond donors (Lipinski definition) is 1. The summed E-state index contributed by atoms with van der Waals surface area (Å²) in [6, 6.07) is 7.27. The lowest BCUT2D eigenvalue weighted by Crippen LogP contribution is -2.25. The molecule has 1 unspecified atom stereocenters. The molecular formula is C13H15NO3. The first-order valence-electron chi connectivity index (χ1n) is 5.53. The standard InChI is InChI=1S/C13H15NO3/c1-2-6-17-12-5-3-4-10(7-12)14-9-11(15)8-13(14)16/h2-5,7,11,15H,1,6,8-9H2. The van der Waals surface area contributed by atoms with Crippen LogP contribution in [0.4, 0.5) is 5.69 Å². The highest BCUT2D eigenvalue weighted by Crippen LogP contribution is 2.25. The van der Waals surface area contributed by atoms with E-state index >= 15 is 0 Å². The largest absolute Gasteiger partial charge is 0.489 e. The van der Waals surface area contributed by atoms with E-state index in [0.29, 0.717) is 18.9 Å². The van der Waals surface area contributed by atoms with Crippen LogP contribution >= 0.6 is 0 Å². The normalized spacial score (nSPS) is 19.5. The first-order valence-corrected chi connectivity index (χ1v) is 5.53. The Bertz CT molecular complexity index is 430. The van der Waals surface area contributed by atoms with Gasteiger partial charge in [0.25, 0.3) is 0 Å². The molecule has 1 aliphatic rings. The van der Waals surface area contributed by atoms with Gasteiger partial charge in [-0.25, -0.2) is 0 Å². The number of aliphatic hydroxyl groups excluding tert-OH is 1. The molecule has 0 saturated carbocycles. The Labute approximate surface area is 100 Å². The molecule has 2 rings (SSSR count). The summed E-state index contributed by atoms with van der Waals surface area (Å²) in [6.45, 7) is 4.36. The molecule has 1 amide bonds. The summed E-state index contributed by atoms with van der Waals surface area (Å²) in [7, 11) is 0. The minimum atomic E-state index is -0.569. The van der Waals surface area contributed by atoms with Crippen molar-refractivity contribution in [2.75, 3.05) is 18.1 Å². The molecule has 1 saturated heterocycles. The van der Waals surface area contributed by atoms with Gasteiger partial charge in [0.15, 0.2) is 0 Å². The summed E-state index contributed by atoms with van der Waals surface area (Å²) in [5.41, 5.74) is 0.758. The predicted octanol–water partition coefficient (Wildman–Crippen LogP) is 1.35. The molecule has 0 aliphatic carbocycles. The zero-order valence-corrected chi connectivity index (χ0v) is 9.50. The SMILES string of the molecule is C=CCOc1cccc(N2CC(O)CC2=O)c1. The van der Waals surface area contributed by atoms with Crippen LogP contribution in [0, 0.1) is 0 Å².